The summed E-state index contributed by atoms with van der Waals surface area (Å²) in [6.07, 6.45) is 0.0932. The minimum Gasteiger partial charge on any atom is -0.481 e. The molecule has 0 aliphatic heterocycles. The number of rotatable bonds is 7. The molecule has 98 valence electrons. The molecule has 0 unspecified atom stereocenters. The zero-order chi connectivity index (χ0) is 13.4. The summed E-state index contributed by atoms with van der Waals surface area (Å²) in [5.41, 5.74) is 2.25. The van der Waals surface area contributed by atoms with Crippen LogP contribution in [-0.2, 0) is 16.1 Å². The maximum atomic E-state index is 11.4. The van der Waals surface area contributed by atoms with Crippen LogP contribution in [0.2, 0.25) is 0 Å². The number of carboxylic acid groups (broad SMARTS) is 1. The second-order valence-electron chi connectivity index (χ2n) is 3.96. The number of hydrogen-bond donors (Lipinski definition) is 2. The summed E-state index contributed by atoms with van der Waals surface area (Å²) in [5, 5.41) is 11.2. The molecule has 0 aliphatic carbocycles. The van der Waals surface area contributed by atoms with Gasteiger partial charge in [-0.2, -0.15) is 11.8 Å². The topological polar surface area (TPSA) is 66.4 Å². The third-order valence-electron chi connectivity index (χ3n) is 2.30. The molecule has 0 aliphatic rings. The summed E-state index contributed by atoms with van der Waals surface area (Å²) in [6, 6.07) is 7.96. The summed E-state index contributed by atoms with van der Waals surface area (Å²) in [6.45, 7) is 2.53. The molecule has 1 aromatic rings. The fourth-order valence-electron chi connectivity index (χ4n) is 1.28. The number of nitrogens with one attached hydrogen (secondary N) is 1. The molecule has 0 bridgehead atoms. The number of aliphatic carboxylic acids is 1. The molecule has 0 saturated carbocycles. The highest BCUT2D eigenvalue weighted by molar-refractivity contribution is 7.99. The molecule has 0 heterocycles. The molecule has 0 fully saturated rings. The van der Waals surface area contributed by atoms with Gasteiger partial charge in [-0.25, -0.2) is 0 Å². The molecule has 1 aromatic carbocycles. The second-order valence-corrected chi connectivity index (χ2v) is 5.06. The van der Waals surface area contributed by atoms with E-state index in [4.69, 9.17) is 5.11 Å². The van der Waals surface area contributed by atoms with Crippen LogP contribution in [0.1, 0.15) is 17.5 Å². The monoisotopic (exact) mass is 267 g/mol. The maximum absolute atomic E-state index is 11.4. The van der Waals surface area contributed by atoms with Crippen LogP contribution in [0.4, 0.5) is 0 Å². The molecule has 4 nitrogen and oxygen atoms in total. The van der Waals surface area contributed by atoms with Crippen molar-refractivity contribution in [3.63, 3.8) is 0 Å². The SMILES string of the molecule is Cc1ccc(CNC(=O)CSCCC(=O)O)cc1. The average molecular weight is 267 g/mol. The lowest BCUT2D eigenvalue weighted by Crippen LogP contribution is -2.24. The zero-order valence-electron chi connectivity index (χ0n) is 10.3. The number of carboxylic acids is 1. The normalized spacial score (nSPS) is 10.1. The number of aryl methyl sites for hydroxylation is 1. The first-order valence-electron chi connectivity index (χ1n) is 5.69. The Morgan fingerprint density at radius 3 is 2.56 bits per heavy atom. The van der Waals surface area contributed by atoms with Crippen molar-refractivity contribution in [3.8, 4) is 0 Å². The van der Waals surface area contributed by atoms with Crippen LogP contribution >= 0.6 is 11.8 Å². The minimum absolute atomic E-state index is 0.0639. The van der Waals surface area contributed by atoms with E-state index in [1.165, 1.54) is 17.3 Å². The molecule has 1 amide bonds. The molecule has 2 N–H and O–H groups in total. The smallest absolute Gasteiger partial charge is 0.304 e. The fraction of sp³-hybridized carbons (Fsp3) is 0.385. The van der Waals surface area contributed by atoms with Gasteiger partial charge in [-0.15, -0.1) is 0 Å². The van der Waals surface area contributed by atoms with E-state index < -0.39 is 5.97 Å². The van der Waals surface area contributed by atoms with Crippen molar-refractivity contribution in [2.45, 2.75) is 19.9 Å². The van der Waals surface area contributed by atoms with Gasteiger partial charge >= 0.3 is 5.97 Å². The van der Waals surface area contributed by atoms with E-state index in [2.05, 4.69) is 5.32 Å². The van der Waals surface area contributed by atoms with Crippen LogP contribution in [0, 0.1) is 6.92 Å². The fourth-order valence-corrected chi connectivity index (χ4v) is 2.03. The number of carbonyl (C=O) groups excluding carboxylic acids is 1. The lowest BCUT2D eigenvalue weighted by molar-refractivity contribution is -0.136. The van der Waals surface area contributed by atoms with Gasteiger partial charge in [0.2, 0.25) is 5.91 Å². The highest BCUT2D eigenvalue weighted by atomic mass is 32.2. The van der Waals surface area contributed by atoms with Gasteiger partial charge in [0.05, 0.1) is 12.2 Å². The predicted octanol–water partition coefficient (Wildman–Crippen LogP) is 1.82. The van der Waals surface area contributed by atoms with E-state index in [1.807, 2.05) is 31.2 Å². The van der Waals surface area contributed by atoms with Crippen LogP contribution in [-0.4, -0.2) is 28.5 Å². The van der Waals surface area contributed by atoms with Crippen LogP contribution in [0.5, 0.6) is 0 Å². The summed E-state index contributed by atoms with van der Waals surface area (Å²) in [7, 11) is 0. The van der Waals surface area contributed by atoms with Crippen LogP contribution < -0.4 is 5.32 Å². The van der Waals surface area contributed by atoms with Gasteiger partial charge in [0.15, 0.2) is 0 Å². The van der Waals surface area contributed by atoms with Crippen molar-refractivity contribution in [2.75, 3.05) is 11.5 Å². The van der Waals surface area contributed by atoms with Gasteiger partial charge in [0, 0.05) is 12.3 Å². The number of benzene rings is 1. The first kappa shape index (κ1) is 14.6. The summed E-state index contributed by atoms with van der Waals surface area (Å²) in [4.78, 5) is 21.7. The third-order valence-corrected chi connectivity index (χ3v) is 3.26. The van der Waals surface area contributed by atoms with Crippen molar-refractivity contribution in [2.24, 2.45) is 0 Å². The molecule has 0 atom stereocenters. The number of hydrogen-bond acceptors (Lipinski definition) is 3. The predicted molar refractivity (Wildman–Crippen MR) is 72.6 cm³/mol. The molecule has 0 radical (unpaired) electrons. The van der Waals surface area contributed by atoms with Gasteiger partial charge in [-0.3, -0.25) is 9.59 Å². The van der Waals surface area contributed by atoms with Gasteiger partial charge < -0.3 is 10.4 Å². The first-order valence-corrected chi connectivity index (χ1v) is 6.85. The lowest BCUT2D eigenvalue weighted by Gasteiger charge is -2.05. The summed E-state index contributed by atoms with van der Waals surface area (Å²) < 4.78 is 0. The van der Waals surface area contributed by atoms with Gasteiger partial charge in [0.1, 0.15) is 0 Å². The van der Waals surface area contributed by atoms with Crippen molar-refractivity contribution in [1.29, 1.82) is 0 Å². The lowest BCUT2D eigenvalue weighted by atomic mass is 10.1. The standard InChI is InChI=1S/C13H17NO3S/c1-10-2-4-11(5-3-10)8-14-12(15)9-18-7-6-13(16)17/h2-5H,6-9H2,1H3,(H,14,15)(H,16,17). The Kier molecular flexibility index (Phi) is 6.28. The number of thioether (sulfide) groups is 1. The van der Waals surface area contributed by atoms with E-state index in [1.54, 1.807) is 0 Å². The Bertz CT molecular complexity index is 403. The van der Waals surface area contributed by atoms with E-state index in [-0.39, 0.29) is 12.3 Å². The van der Waals surface area contributed by atoms with E-state index in [9.17, 15) is 9.59 Å². The van der Waals surface area contributed by atoms with Gasteiger partial charge in [-0.1, -0.05) is 29.8 Å². The van der Waals surface area contributed by atoms with Crippen molar-refractivity contribution in [1.82, 2.24) is 5.32 Å². The van der Waals surface area contributed by atoms with E-state index in [0.29, 0.717) is 18.1 Å². The number of carbonyl (C=O) groups is 2. The van der Waals surface area contributed by atoms with Crippen LogP contribution in [0.3, 0.4) is 0 Å². The molecule has 0 aromatic heterocycles. The van der Waals surface area contributed by atoms with Gasteiger partial charge in [-0.05, 0) is 12.5 Å². The van der Waals surface area contributed by atoms with E-state index >= 15 is 0 Å². The first-order chi connectivity index (χ1) is 8.58. The highest BCUT2D eigenvalue weighted by Crippen LogP contribution is 2.04. The second kappa shape index (κ2) is 7.76. The Morgan fingerprint density at radius 1 is 1.28 bits per heavy atom. The van der Waals surface area contributed by atoms with E-state index in [0.717, 1.165) is 5.56 Å². The largest absolute Gasteiger partial charge is 0.481 e. The Hall–Kier alpha value is -1.49. The molecular weight excluding hydrogens is 250 g/mol. The summed E-state index contributed by atoms with van der Waals surface area (Å²) >= 11 is 1.33. The Balaban J connectivity index is 2.17. The molecule has 0 spiro atoms. The molecule has 1 rings (SSSR count). The zero-order valence-corrected chi connectivity index (χ0v) is 11.1. The molecule has 5 heteroatoms. The minimum atomic E-state index is -0.831. The third kappa shape index (κ3) is 6.30. The quantitative estimate of drug-likeness (QED) is 0.740. The molecular formula is C13H17NO3S. The van der Waals surface area contributed by atoms with Crippen molar-refractivity contribution in [3.05, 3.63) is 35.4 Å². The Morgan fingerprint density at radius 2 is 1.94 bits per heavy atom. The average Bonchev–Trinajstić information content (AvgIpc) is 2.34. The van der Waals surface area contributed by atoms with Gasteiger partial charge in [0.25, 0.3) is 0 Å². The number of amides is 1. The van der Waals surface area contributed by atoms with Crippen molar-refractivity contribution >= 4 is 23.6 Å². The molecule has 0 saturated heterocycles. The molecule has 18 heavy (non-hydrogen) atoms. The summed E-state index contributed by atoms with van der Waals surface area (Å²) in [5.74, 6) is -0.125. The van der Waals surface area contributed by atoms with Crippen LogP contribution in [0.25, 0.3) is 0 Å². The van der Waals surface area contributed by atoms with Crippen molar-refractivity contribution < 1.29 is 14.7 Å². The Labute approximate surface area is 111 Å². The highest BCUT2D eigenvalue weighted by Gasteiger charge is 2.03. The van der Waals surface area contributed by atoms with Crippen LogP contribution in [0.15, 0.2) is 24.3 Å². The maximum Gasteiger partial charge on any atom is 0.304 e.